The van der Waals surface area contributed by atoms with Crippen molar-refractivity contribution in [3.8, 4) is 0 Å². The molecule has 184 valence electrons. The van der Waals surface area contributed by atoms with Crippen molar-refractivity contribution in [2.75, 3.05) is 33.9 Å². The summed E-state index contributed by atoms with van der Waals surface area (Å²) in [5, 5.41) is 12.8. The lowest BCUT2D eigenvalue weighted by molar-refractivity contribution is -0.142. The van der Waals surface area contributed by atoms with Crippen LogP contribution < -0.4 is 11.1 Å². The second kappa shape index (κ2) is 13.9. The first-order valence-electron chi connectivity index (χ1n) is 11.9. The third-order valence-electron chi connectivity index (χ3n) is 5.62. The number of aliphatic hydroxyl groups is 1. The van der Waals surface area contributed by atoms with Gasteiger partial charge in [0.05, 0.1) is 31.7 Å². The predicted octanol–water partition coefficient (Wildman–Crippen LogP) is 2.22. The van der Waals surface area contributed by atoms with Gasteiger partial charge < -0.3 is 30.7 Å². The van der Waals surface area contributed by atoms with Crippen LogP contribution in [0, 0.1) is 0 Å². The first-order valence-corrected chi connectivity index (χ1v) is 11.9. The number of benzene rings is 1. The molecule has 1 aromatic rings. The largest absolute Gasteiger partial charge is 0.465 e. The van der Waals surface area contributed by atoms with E-state index in [4.69, 9.17) is 10.5 Å². The summed E-state index contributed by atoms with van der Waals surface area (Å²) >= 11 is 0. The highest BCUT2D eigenvalue weighted by atomic mass is 16.5. The molecule has 8 heteroatoms. The summed E-state index contributed by atoms with van der Waals surface area (Å²) in [6.45, 7) is 6.31. The molecular weight excluding hydrogens is 418 g/mol. The van der Waals surface area contributed by atoms with Crippen LogP contribution in [0.4, 0.5) is 0 Å². The Labute approximate surface area is 198 Å². The fourth-order valence-corrected chi connectivity index (χ4v) is 3.72. The smallest absolute Gasteiger partial charge is 0.310 e. The van der Waals surface area contributed by atoms with Crippen LogP contribution in [-0.2, 0) is 22.5 Å². The van der Waals surface area contributed by atoms with Gasteiger partial charge in [0.15, 0.2) is 5.96 Å². The maximum absolute atomic E-state index is 12.1. The van der Waals surface area contributed by atoms with Crippen LogP contribution in [0.2, 0.25) is 0 Å². The number of carbonyl (C=O) groups is 1. The fraction of sp³-hybridized carbons (Fsp3) is 0.600. The summed E-state index contributed by atoms with van der Waals surface area (Å²) in [7, 11) is 4.07. The molecule has 0 saturated carbocycles. The zero-order valence-electron chi connectivity index (χ0n) is 20.6. The minimum atomic E-state index is -0.192. The van der Waals surface area contributed by atoms with Gasteiger partial charge in [-0.15, -0.1) is 0 Å². The van der Waals surface area contributed by atoms with Crippen molar-refractivity contribution in [3.05, 3.63) is 47.3 Å². The third kappa shape index (κ3) is 9.43. The number of carbonyl (C=O) groups excluding carboxylic acids is 1. The topological polar surface area (TPSA) is 103 Å². The number of hydrogen-bond donors (Lipinski definition) is 3. The van der Waals surface area contributed by atoms with Crippen molar-refractivity contribution in [2.24, 2.45) is 10.7 Å². The van der Waals surface area contributed by atoms with Crippen molar-refractivity contribution in [2.45, 2.75) is 64.6 Å². The minimum Gasteiger partial charge on any atom is -0.465 e. The summed E-state index contributed by atoms with van der Waals surface area (Å²) in [5.74, 6) is 0.963. The molecule has 4 N–H and O–H groups in total. The van der Waals surface area contributed by atoms with E-state index in [-0.39, 0.29) is 31.1 Å². The normalized spacial score (nSPS) is 16.9. The highest BCUT2D eigenvalue weighted by Crippen LogP contribution is 2.17. The molecule has 2 atom stereocenters. The molecule has 0 bridgehead atoms. The Morgan fingerprint density at radius 3 is 2.58 bits per heavy atom. The van der Waals surface area contributed by atoms with E-state index >= 15 is 0 Å². The number of esters is 1. The van der Waals surface area contributed by atoms with Crippen molar-refractivity contribution >= 4 is 11.9 Å². The van der Waals surface area contributed by atoms with Crippen molar-refractivity contribution in [1.29, 1.82) is 0 Å². The van der Waals surface area contributed by atoms with Gasteiger partial charge in [0, 0.05) is 6.54 Å². The molecule has 1 heterocycles. The average Bonchev–Trinajstić information content (AvgIpc) is 2.76. The molecule has 2 rings (SSSR count). The molecule has 1 aliphatic rings. The van der Waals surface area contributed by atoms with Crippen LogP contribution in [0.5, 0.6) is 0 Å². The second-order valence-electron chi connectivity index (χ2n) is 8.93. The number of rotatable bonds is 14. The van der Waals surface area contributed by atoms with Gasteiger partial charge >= 0.3 is 5.97 Å². The lowest BCUT2D eigenvalue weighted by Gasteiger charge is -2.33. The Morgan fingerprint density at radius 1 is 1.27 bits per heavy atom. The SMILES string of the molecule is CCCC(CO)NC1=C[C@H](C)N(Cc2ccc(CC(=O)OCCCCN(C)C)cc2)C(N)=N1. The number of unbranched alkanes of at least 4 members (excludes halogenated alkanes) is 1. The standard InChI is InChI=1S/C25H41N5O3/c1-5-8-22(18-31)27-23-15-19(2)30(25(26)28-23)17-21-11-9-20(10-12-21)16-24(32)33-14-7-6-13-29(3)4/h9-12,15,19,22,27,31H,5-8,13-14,16-18H2,1-4H3,(H2,26,28)/t19-,22?/m0/s1. The Morgan fingerprint density at radius 2 is 1.97 bits per heavy atom. The van der Waals surface area contributed by atoms with Crippen LogP contribution in [0.25, 0.3) is 0 Å². The number of hydrogen-bond acceptors (Lipinski definition) is 8. The highest BCUT2D eigenvalue weighted by Gasteiger charge is 2.21. The number of aliphatic imine (C=N–C) groups is 1. The Kier molecular flexibility index (Phi) is 11.2. The Hall–Kier alpha value is -2.58. The average molecular weight is 460 g/mol. The van der Waals surface area contributed by atoms with Gasteiger partial charge in [0.25, 0.3) is 0 Å². The van der Waals surface area contributed by atoms with Crippen LogP contribution >= 0.6 is 0 Å². The van der Waals surface area contributed by atoms with Crippen molar-refractivity contribution in [3.63, 3.8) is 0 Å². The number of nitrogens with one attached hydrogen (secondary N) is 1. The quantitative estimate of drug-likeness (QED) is 0.289. The van der Waals surface area contributed by atoms with E-state index in [0.717, 1.165) is 43.4 Å². The number of ether oxygens (including phenoxy) is 1. The molecule has 33 heavy (non-hydrogen) atoms. The van der Waals surface area contributed by atoms with Gasteiger partial charge in [-0.3, -0.25) is 4.79 Å². The summed E-state index contributed by atoms with van der Waals surface area (Å²) in [6.07, 6.45) is 6.06. The Balaban J connectivity index is 1.83. The molecule has 0 saturated heterocycles. The van der Waals surface area contributed by atoms with Gasteiger partial charge in [0.1, 0.15) is 5.82 Å². The zero-order valence-corrected chi connectivity index (χ0v) is 20.6. The monoisotopic (exact) mass is 459 g/mol. The summed E-state index contributed by atoms with van der Waals surface area (Å²) in [5.41, 5.74) is 8.27. The maximum atomic E-state index is 12.1. The van der Waals surface area contributed by atoms with Gasteiger partial charge in [-0.2, -0.15) is 4.99 Å². The number of nitrogens with zero attached hydrogens (tertiary/aromatic N) is 3. The molecule has 0 amide bonds. The predicted molar refractivity (Wildman–Crippen MR) is 133 cm³/mol. The zero-order chi connectivity index (χ0) is 24.2. The van der Waals surface area contributed by atoms with E-state index in [0.29, 0.717) is 24.9 Å². The van der Waals surface area contributed by atoms with Gasteiger partial charge in [-0.05, 0) is 64.0 Å². The number of nitrogens with two attached hydrogens (primary N) is 1. The number of guanidine groups is 1. The first-order chi connectivity index (χ1) is 15.8. The fourth-order valence-electron chi connectivity index (χ4n) is 3.72. The summed E-state index contributed by atoms with van der Waals surface area (Å²) in [4.78, 5) is 20.7. The van der Waals surface area contributed by atoms with Crippen LogP contribution in [-0.4, -0.2) is 72.8 Å². The molecule has 0 fully saturated rings. The molecule has 0 spiro atoms. The van der Waals surface area contributed by atoms with Crippen LogP contribution in [0.3, 0.4) is 0 Å². The molecular formula is C25H41N5O3. The maximum Gasteiger partial charge on any atom is 0.310 e. The van der Waals surface area contributed by atoms with Crippen LogP contribution in [0.15, 0.2) is 41.2 Å². The van der Waals surface area contributed by atoms with E-state index in [1.54, 1.807) is 0 Å². The molecule has 1 unspecified atom stereocenters. The van der Waals surface area contributed by atoms with E-state index in [2.05, 4.69) is 29.1 Å². The first kappa shape index (κ1) is 26.7. The molecule has 1 aliphatic heterocycles. The third-order valence-corrected chi connectivity index (χ3v) is 5.62. The van der Waals surface area contributed by atoms with Crippen LogP contribution in [0.1, 0.15) is 50.7 Å². The molecule has 0 radical (unpaired) electrons. The molecule has 0 aromatic heterocycles. The Bertz CT molecular complexity index is 792. The highest BCUT2D eigenvalue weighted by molar-refractivity contribution is 5.80. The lowest BCUT2D eigenvalue weighted by atomic mass is 10.1. The molecule has 0 aliphatic carbocycles. The lowest BCUT2D eigenvalue weighted by Crippen LogP contribution is -2.46. The van der Waals surface area contributed by atoms with Gasteiger partial charge in [-0.1, -0.05) is 37.6 Å². The second-order valence-corrected chi connectivity index (χ2v) is 8.93. The summed E-state index contributed by atoms with van der Waals surface area (Å²) in [6, 6.07) is 8.00. The molecule has 1 aromatic carbocycles. The van der Waals surface area contributed by atoms with Crippen molar-refractivity contribution in [1.82, 2.24) is 15.1 Å². The number of aliphatic hydroxyl groups excluding tert-OH is 1. The van der Waals surface area contributed by atoms with Gasteiger partial charge in [0.2, 0.25) is 0 Å². The van der Waals surface area contributed by atoms with E-state index in [1.165, 1.54) is 0 Å². The van der Waals surface area contributed by atoms with Gasteiger partial charge in [-0.25, -0.2) is 0 Å². The van der Waals surface area contributed by atoms with Crippen molar-refractivity contribution < 1.29 is 14.6 Å². The van der Waals surface area contributed by atoms with E-state index < -0.39 is 0 Å². The van der Waals surface area contributed by atoms with E-state index in [1.807, 2.05) is 49.3 Å². The van der Waals surface area contributed by atoms with E-state index in [9.17, 15) is 9.90 Å². The molecule has 8 nitrogen and oxygen atoms in total. The summed E-state index contributed by atoms with van der Waals surface area (Å²) < 4.78 is 5.34. The minimum absolute atomic E-state index is 0.0196.